The van der Waals surface area contributed by atoms with Crippen LogP contribution >= 0.6 is 0 Å². The number of benzene rings is 1. The van der Waals surface area contributed by atoms with Crippen LogP contribution in [-0.4, -0.2) is 19.5 Å². The molecule has 2 atom stereocenters. The van der Waals surface area contributed by atoms with Crippen LogP contribution in [0.3, 0.4) is 0 Å². The third-order valence-electron chi connectivity index (χ3n) is 4.90. The van der Waals surface area contributed by atoms with Gasteiger partial charge in [0.05, 0.1) is 0 Å². The summed E-state index contributed by atoms with van der Waals surface area (Å²) in [5.74, 6) is 0.529. The van der Waals surface area contributed by atoms with Crippen LogP contribution in [0.4, 0.5) is 5.69 Å². The Kier molecular flexibility index (Phi) is 3.33. The van der Waals surface area contributed by atoms with Crippen molar-refractivity contribution in [1.29, 1.82) is 0 Å². The van der Waals surface area contributed by atoms with Crippen LogP contribution in [0.2, 0.25) is 0 Å². The Morgan fingerprint density at radius 2 is 2.05 bits per heavy atom. The van der Waals surface area contributed by atoms with Crippen molar-refractivity contribution < 1.29 is 4.79 Å². The average Bonchev–Trinajstić information content (AvgIpc) is 3.12. The molecule has 1 aromatic carbocycles. The molecule has 1 amide bonds. The van der Waals surface area contributed by atoms with Crippen molar-refractivity contribution in [3.05, 3.63) is 29.8 Å². The normalized spacial score (nSPS) is 27.6. The molecule has 1 saturated carbocycles. The first kappa shape index (κ1) is 13.6. The number of rotatable bonds is 2. The fourth-order valence-electron chi connectivity index (χ4n) is 3.36. The fourth-order valence-corrected chi connectivity index (χ4v) is 3.36. The summed E-state index contributed by atoms with van der Waals surface area (Å²) in [5.41, 5.74) is 2.57. The van der Waals surface area contributed by atoms with Gasteiger partial charge in [0.15, 0.2) is 0 Å². The molecule has 1 heterocycles. The van der Waals surface area contributed by atoms with Crippen molar-refractivity contribution in [2.75, 3.05) is 18.5 Å². The maximum atomic E-state index is 12.8. The highest BCUT2D eigenvalue weighted by molar-refractivity contribution is 5.98. The molecule has 0 radical (unpaired) electrons. The number of amides is 1. The molecule has 1 aromatic rings. The third-order valence-corrected chi connectivity index (χ3v) is 4.90. The van der Waals surface area contributed by atoms with Gasteiger partial charge < -0.3 is 10.2 Å². The molecule has 0 saturated heterocycles. The Labute approximate surface area is 121 Å². The van der Waals surface area contributed by atoms with Gasteiger partial charge in [0.1, 0.15) is 0 Å². The zero-order valence-corrected chi connectivity index (χ0v) is 12.6. The molecule has 2 aliphatic rings. The highest BCUT2D eigenvalue weighted by atomic mass is 16.2. The zero-order chi connectivity index (χ0) is 14.3. The average molecular weight is 272 g/mol. The van der Waals surface area contributed by atoms with Gasteiger partial charge in [-0.25, -0.2) is 0 Å². The molecule has 1 fully saturated rings. The smallest absolute Gasteiger partial charge is 0.230 e. The fraction of sp³-hybridized carbons (Fsp3) is 0.588. The van der Waals surface area contributed by atoms with Crippen LogP contribution in [0, 0.1) is 11.3 Å². The number of hydrogen-bond donors (Lipinski definition) is 1. The number of carbonyl (C=O) groups is 1. The van der Waals surface area contributed by atoms with E-state index in [1.54, 1.807) is 0 Å². The highest BCUT2D eigenvalue weighted by Gasteiger charge is 2.52. The SMILES string of the molecule is CNC1CCCN(C(=O)C2CC2(C)C)c2ccccc21. The van der Waals surface area contributed by atoms with E-state index in [-0.39, 0.29) is 11.3 Å². The van der Waals surface area contributed by atoms with Crippen LogP contribution in [0.25, 0.3) is 0 Å². The summed E-state index contributed by atoms with van der Waals surface area (Å²) in [4.78, 5) is 14.8. The Bertz CT molecular complexity index is 523. The van der Waals surface area contributed by atoms with Crippen molar-refractivity contribution in [3.63, 3.8) is 0 Å². The van der Waals surface area contributed by atoms with E-state index in [2.05, 4.69) is 37.4 Å². The molecular weight excluding hydrogens is 248 g/mol. The summed E-state index contributed by atoms with van der Waals surface area (Å²) < 4.78 is 0. The minimum absolute atomic E-state index is 0.195. The number of nitrogens with zero attached hydrogens (tertiary/aromatic N) is 1. The molecule has 108 valence electrons. The Morgan fingerprint density at radius 3 is 2.70 bits per heavy atom. The number of hydrogen-bond acceptors (Lipinski definition) is 2. The van der Waals surface area contributed by atoms with E-state index in [0.717, 1.165) is 31.5 Å². The van der Waals surface area contributed by atoms with E-state index < -0.39 is 0 Å². The summed E-state index contributed by atoms with van der Waals surface area (Å²) in [6.45, 7) is 5.23. The van der Waals surface area contributed by atoms with Crippen molar-refractivity contribution in [2.45, 2.75) is 39.2 Å². The molecule has 0 aromatic heterocycles. The number of nitrogens with one attached hydrogen (secondary N) is 1. The van der Waals surface area contributed by atoms with Gasteiger partial charge in [0.2, 0.25) is 5.91 Å². The van der Waals surface area contributed by atoms with Crippen LogP contribution in [0.15, 0.2) is 24.3 Å². The summed E-state index contributed by atoms with van der Waals surface area (Å²) in [6.07, 6.45) is 3.17. The second-order valence-electron chi connectivity index (χ2n) is 6.78. The maximum absolute atomic E-state index is 12.8. The van der Waals surface area contributed by atoms with Gasteiger partial charge in [0, 0.05) is 24.2 Å². The number of fused-ring (bicyclic) bond motifs is 1. The Morgan fingerprint density at radius 1 is 1.35 bits per heavy atom. The second-order valence-corrected chi connectivity index (χ2v) is 6.78. The maximum Gasteiger partial charge on any atom is 0.230 e. The highest BCUT2D eigenvalue weighted by Crippen LogP contribution is 2.53. The summed E-state index contributed by atoms with van der Waals surface area (Å²) >= 11 is 0. The largest absolute Gasteiger partial charge is 0.313 e. The van der Waals surface area contributed by atoms with Gasteiger partial charge in [-0.05, 0) is 43.4 Å². The molecular formula is C17H24N2O. The van der Waals surface area contributed by atoms with E-state index in [9.17, 15) is 4.79 Å². The summed E-state index contributed by atoms with van der Waals surface area (Å²) in [6, 6.07) is 8.71. The molecule has 1 aliphatic heterocycles. The van der Waals surface area contributed by atoms with Gasteiger partial charge in [-0.3, -0.25) is 4.79 Å². The molecule has 3 nitrogen and oxygen atoms in total. The minimum Gasteiger partial charge on any atom is -0.313 e. The molecule has 1 aliphatic carbocycles. The standard InChI is InChI=1S/C17H24N2O/c1-17(2)11-13(17)16(20)19-10-6-8-14(18-3)12-7-4-5-9-15(12)19/h4-5,7,9,13-14,18H,6,8,10-11H2,1-3H3. The summed E-state index contributed by atoms with van der Waals surface area (Å²) in [7, 11) is 2.00. The number of para-hydroxylation sites is 1. The molecule has 3 rings (SSSR count). The molecule has 0 bridgehead atoms. The van der Waals surface area contributed by atoms with Gasteiger partial charge in [-0.2, -0.15) is 0 Å². The van der Waals surface area contributed by atoms with Gasteiger partial charge in [-0.15, -0.1) is 0 Å². The van der Waals surface area contributed by atoms with Crippen molar-refractivity contribution in [3.8, 4) is 0 Å². The van der Waals surface area contributed by atoms with Gasteiger partial charge >= 0.3 is 0 Å². The predicted octanol–water partition coefficient (Wildman–Crippen LogP) is 3.12. The van der Waals surface area contributed by atoms with E-state index in [1.165, 1.54) is 5.56 Å². The molecule has 3 heteroatoms. The van der Waals surface area contributed by atoms with Crippen molar-refractivity contribution in [1.82, 2.24) is 5.32 Å². The van der Waals surface area contributed by atoms with Crippen molar-refractivity contribution >= 4 is 11.6 Å². The van der Waals surface area contributed by atoms with E-state index >= 15 is 0 Å². The van der Waals surface area contributed by atoms with E-state index in [1.807, 2.05) is 18.0 Å². The third kappa shape index (κ3) is 2.24. The quantitative estimate of drug-likeness (QED) is 0.897. The zero-order valence-electron chi connectivity index (χ0n) is 12.6. The lowest BCUT2D eigenvalue weighted by Crippen LogP contribution is -2.34. The lowest BCUT2D eigenvalue weighted by Gasteiger charge is -2.24. The summed E-state index contributed by atoms with van der Waals surface area (Å²) in [5, 5.41) is 3.38. The number of anilines is 1. The lowest BCUT2D eigenvalue weighted by atomic mass is 10.0. The topological polar surface area (TPSA) is 32.3 Å². The van der Waals surface area contributed by atoms with E-state index in [4.69, 9.17) is 0 Å². The van der Waals surface area contributed by atoms with Crippen molar-refractivity contribution in [2.24, 2.45) is 11.3 Å². The predicted molar refractivity (Wildman–Crippen MR) is 81.7 cm³/mol. The molecule has 1 N–H and O–H groups in total. The first-order chi connectivity index (χ1) is 9.54. The Balaban J connectivity index is 1.94. The second kappa shape index (κ2) is 4.88. The lowest BCUT2D eigenvalue weighted by molar-refractivity contribution is -0.120. The first-order valence-electron chi connectivity index (χ1n) is 7.62. The van der Waals surface area contributed by atoms with Crippen LogP contribution in [0.1, 0.15) is 44.7 Å². The molecule has 20 heavy (non-hydrogen) atoms. The van der Waals surface area contributed by atoms with Crippen LogP contribution in [0.5, 0.6) is 0 Å². The van der Waals surface area contributed by atoms with Crippen LogP contribution < -0.4 is 10.2 Å². The van der Waals surface area contributed by atoms with Gasteiger partial charge in [-0.1, -0.05) is 32.0 Å². The monoisotopic (exact) mass is 272 g/mol. The first-order valence-corrected chi connectivity index (χ1v) is 7.62. The molecule has 0 spiro atoms. The van der Waals surface area contributed by atoms with E-state index in [0.29, 0.717) is 11.9 Å². The number of carbonyl (C=O) groups excluding carboxylic acids is 1. The van der Waals surface area contributed by atoms with Crippen LogP contribution in [-0.2, 0) is 4.79 Å². The van der Waals surface area contributed by atoms with Gasteiger partial charge in [0.25, 0.3) is 0 Å². The molecule has 2 unspecified atom stereocenters. The Hall–Kier alpha value is -1.35. The minimum atomic E-state index is 0.195.